The Morgan fingerprint density at radius 3 is 2.65 bits per heavy atom. The number of rotatable bonds is 5. The minimum Gasteiger partial charge on any atom is -0.366 e. The number of aliphatic hydroxyl groups excluding tert-OH is 1. The molecule has 0 aliphatic carbocycles. The van der Waals surface area contributed by atoms with Crippen LogP contribution in [0.3, 0.4) is 0 Å². The summed E-state index contributed by atoms with van der Waals surface area (Å²) in [6, 6.07) is 4.26. The Balaban J connectivity index is 2.36. The van der Waals surface area contributed by atoms with E-state index in [0.717, 1.165) is 36.4 Å². The van der Waals surface area contributed by atoms with Crippen LogP contribution in [-0.2, 0) is 4.74 Å². The van der Waals surface area contributed by atoms with E-state index in [1.165, 1.54) is 7.11 Å². The van der Waals surface area contributed by atoms with Crippen LogP contribution < -0.4 is 4.90 Å². The summed E-state index contributed by atoms with van der Waals surface area (Å²) >= 11 is 6.21. The molecule has 0 amide bonds. The van der Waals surface area contributed by atoms with Gasteiger partial charge in [0.1, 0.15) is 0 Å². The zero-order valence-electron chi connectivity index (χ0n) is 12.6. The lowest BCUT2D eigenvalue weighted by molar-refractivity contribution is -0.0773. The third-order valence-corrected chi connectivity index (χ3v) is 4.23. The first-order chi connectivity index (χ1) is 9.47. The molecule has 1 unspecified atom stereocenters. The number of nitrogens with zero attached hydrogens (tertiary/aromatic N) is 2. The van der Waals surface area contributed by atoms with Crippen molar-refractivity contribution in [3.8, 4) is 0 Å². The van der Waals surface area contributed by atoms with Gasteiger partial charge < -0.3 is 19.6 Å². The zero-order valence-corrected chi connectivity index (χ0v) is 13.3. The molecule has 0 bridgehead atoms. The molecule has 1 fully saturated rings. The monoisotopic (exact) mass is 298 g/mol. The van der Waals surface area contributed by atoms with Crippen molar-refractivity contribution < 1.29 is 9.84 Å². The molecule has 112 valence electrons. The van der Waals surface area contributed by atoms with Crippen molar-refractivity contribution in [3.05, 3.63) is 28.3 Å². The van der Waals surface area contributed by atoms with E-state index < -0.39 is 6.29 Å². The molecular formula is C15H23ClN2O2. The number of anilines is 1. The summed E-state index contributed by atoms with van der Waals surface area (Å²) in [5.74, 6) is 0. The van der Waals surface area contributed by atoms with Crippen LogP contribution in [0, 0.1) is 6.92 Å². The third-order valence-electron chi connectivity index (χ3n) is 4.01. The number of likely N-dealkylation sites (N-methyl/N-ethyl adjacent to an activating group) is 2. The van der Waals surface area contributed by atoms with Crippen LogP contribution in [0.5, 0.6) is 0 Å². The van der Waals surface area contributed by atoms with E-state index in [-0.39, 0.29) is 0 Å². The smallest absolute Gasteiger partial charge is 0.181 e. The van der Waals surface area contributed by atoms with E-state index >= 15 is 0 Å². The van der Waals surface area contributed by atoms with E-state index in [0.29, 0.717) is 11.1 Å². The van der Waals surface area contributed by atoms with Crippen molar-refractivity contribution in [2.24, 2.45) is 0 Å². The predicted molar refractivity (Wildman–Crippen MR) is 82.5 cm³/mol. The first-order valence-corrected chi connectivity index (χ1v) is 7.31. The van der Waals surface area contributed by atoms with Gasteiger partial charge in [0.25, 0.3) is 0 Å². The second kappa shape index (κ2) is 6.31. The molecule has 2 rings (SSSR count). The Labute approximate surface area is 125 Å². The van der Waals surface area contributed by atoms with Gasteiger partial charge in [-0.2, -0.15) is 0 Å². The van der Waals surface area contributed by atoms with Crippen molar-refractivity contribution in [1.82, 2.24) is 4.90 Å². The molecule has 1 saturated heterocycles. The molecule has 1 aromatic rings. The van der Waals surface area contributed by atoms with Gasteiger partial charge in [-0.15, -0.1) is 0 Å². The topological polar surface area (TPSA) is 35.9 Å². The summed E-state index contributed by atoms with van der Waals surface area (Å²) in [4.78, 5) is 4.64. The van der Waals surface area contributed by atoms with E-state index in [1.807, 2.05) is 13.0 Å². The van der Waals surface area contributed by atoms with Gasteiger partial charge in [-0.25, -0.2) is 0 Å². The summed E-state index contributed by atoms with van der Waals surface area (Å²) in [7, 11) is 3.61. The van der Waals surface area contributed by atoms with Crippen LogP contribution >= 0.6 is 11.6 Å². The molecule has 1 aliphatic heterocycles. The van der Waals surface area contributed by atoms with Gasteiger partial charge in [-0.3, -0.25) is 0 Å². The number of halogens is 1. The highest BCUT2D eigenvalue weighted by atomic mass is 35.5. The fourth-order valence-electron chi connectivity index (χ4n) is 2.86. The molecular weight excluding hydrogens is 276 g/mol. The molecule has 4 nitrogen and oxygen atoms in total. The van der Waals surface area contributed by atoms with Crippen molar-refractivity contribution in [3.63, 3.8) is 0 Å². The number of aliphatic hydroxyl groups is 1. The average molecular weight is 299 g/mol. The molecule has 20 heavy (non-hydrogen) atoms. The SMILES string of the molecule is CCN(c1cc(Cl)cc(C(O)OC)c1C)C1CN(C)C1. The van der Waals surface area contributed by atoms with Crippen LogP contribution in [0.15, 0.2) is 12.1 Å². The largest absolute Gasteiger partial charge is 0.366 e. The van der Waals surface area contributed by atoms with Gasteiger partial charge in [0.2, 0.25) is 0 Å². The van der Waals surface area contributed by atoms with Gasteiger partial charge in [-0.1, -0.05) is 11.6 Å². The Bertz CT molecular complexity index is 475. The molecule has 1 atom stereocenters. The number of methoxy groups -OCH3 is 1. The Morgan fingerprint density at radius 1 is 1.50 bits per heavy atom. The maximum Gasteiger partial charge on any atom is 0.181 e. The fourth-order valence-corrected chi connectivity index (χ4v) is 3.08. The highest BCUT2D eigenvalue weighted by Crippen LogP contribution is 2.33. The second-order valence-electron chi connectivity index (χ2n) is 5.39. The lowest BCUT2D eigenvalue weighted by Crippen LogP contribution is -2.58. The maximum absolute atomic E-state index is 9.96. The standard InChI is InChI=1S/C15H23ClN2O2/c1-5-18(12-8-17(3)9-12)14-7-11(16)6-13(10(14)2)15(19)20-4/h6-7,12,15,19H,5,8-9H2,1-4H3. The van der Waals surface area contributed by atoms with Gasteiger partial charge in [0.15, 0.2) is 6.29 Å². The van der Waals surface area contributed by atoms with Gasteiger partial charge in [-0.05, 0) is 38.6 Å². The molecule has 0 radical (unpaired) electrons. The summed E-state index contributed by atoms with van der Waals surface area (Å²) < 4.78 is 5.03. The fraction of sp³-hybridized carbons (Fsp3) is 0.600. The number of benzene rings is 1. The molecule has 1 N–H and O–H groups in total. The summed E-state index contributed by atoms with van der Waals surface area (Å²) in [6.07, 6.45) is -0.935. The molecule has 1 aromatic carbocycles. The van der Waals surface area contributed by atoms with E-state index in [1.54, 1.807) is 6.07 Å². The molecule has 1 aliphatic rings. The molecule has 0 aromatic heterocycles. The lowest BCUT2D eigenvalue weighted by atomic mass is 10.0. The Kier molecular flexibility index (Phi) is 4.91. The first kappa shape index (κ1) is 15.6. The summed E-state index contributed by atoms with van der Waals surface area (Å²) in [5.41, 5.74) is 2.85. The highest BCUT2D eigenvalue weighted by Gasteiger charge is 2.30. The summed E-state index contributed by atoms with van der Waals surface area (Å²) in [6.45, 7) is 7.19. The Hall–Kier alpha value is -0.810. The van der Waals surface area contributed by atoms with Crippen LogP contribution in [-0.4, -0.2) is 49.8 Å². The summed E-state index contributed by atoms with van der Waals surface area (Å²) in [5, 5.41) is 10.6. The van der Waals surface area contributed by atoms with E-state index in [2.05, 4.69) is 23.8 Å². The minimum absolute atomic E-state index is 0.509. The van der Waals surface area contributed by atoms with E-state index in [4.69, 9.17) is 16.3 Å². The zero-order chi connectivity index (χ0) is 14.9. The van der Waals surface area contributed by atoms with E-state index in [9.17, 15) is 5.11 Å². The van der Waals surface area contributed by atoms with Gasteiger partial charge >= 0.3 is 0 Å². The average Bonchev–Trinajstić information content (AvgIpc) is 2.40. The highest BCUT2D eigenvalue weighted by molar-refractivity contribution is 6.31. The number of ether oxygens (including phenoxy) is 1. The second-order valence-corrected chi connectivity index (χ2v) is 5.82. The lowest BCUT2D eigenvalue weighted by Gasteiger charge is -2.45. The first-order valence-electron chi connectivity index (χ1n) is 6.94. The minimum atomic E-state index is -0.935. The van der Waals surface area contributed by atoms with Gasteiger partial charge in [0.05, 0.1) is 6.04 Å². The van der Waals surface area contributed by atoms with Crippen LogP contribution in [0.4, 0.5) is 5.69 Å². The predicted octanol–water partition coefficient (Wildman–Crippen LogP) is 2.43. The molecule has 0 spiro atoms. The normalized spacial score (nSPS) is 17.9. The van der Waals surface area contributed by atoms with Crippen molar-refractivity contribution >= 4 is 17.3 Å². The number of likely N-dealkylation sites (tertiary alicyclic amines) is 1. The quantitative estimate of drug-likeness (QED) is 0.847. The van der Waals surface area contributed by atoms with Crippen LogP contribution in [0.25, 0.3) is 0 Å². The third kappa shape index (κ3) is 2.93. The van der Waals surface area contributed by atoms with Gasteiger partial charge in [0, 0.05) is 43.0 Å². The van der Waals surface area contributed by atoms with Crippen molar-refractivity contribution in [2.75, 3.05) is 38.7 Å². The van der Waals surface area contributed by atoms with Crippen LogP contribution in [0.1, 0.15) is 24.3 Å². The number of hydrogen-bond acceptors (Lipinski definition) is 4. The van der Waals surface area contributed by atoms with Crippen molar-refractivity contribution in [1.29, 1.82) is 0 Å². The van der Waals surface area contributed by atoms with Crippen LogP contribution in [0.2, 0.25) is 5.02 Å². The Morgan fingerprint density at radius 2 is 2.15 bits per heavy atom. The molecule has 5 heteroatoms. The maximum atomic E-state index is 9.96. The number of hydrogen-bond donors (Lipinski definition) is 1. The molecule has 1 heterocycles. The molecule has 0 saturated carbocycles. The van der Waals surface area contributed by atoms with Crippen molar-refractivity contribution in [2.45, 2.75) is 26.2 Å².